The average Bonchev–Trinajstić information content (AvgIpc) is 2.72. The Morgan fingerprint density at radius 1 is 1.27 bits per heavy atom. The summed E-state index contributed by atoms with van der Waals surface area (Å²) in [5.74, 6) is -0.718. The molecule has 1 aromatic rings. The second kappa shape index (κ2) is 7.51. The summed E-state index contributed by atoms with van der Waals surface area (Å²) in [6.07, 6.45) is 0.701. The molecule has 118 valence electrons. The van der Waals surface area contributed by atoms with Crippen molar-refractivity contribution in [3.63, 3.8) is 0 Å². The van der Waals surface area contributed by atoms with Crippen molar-refractivity contribution in [1.29, 1.82) is 0 Å². The molecule has 2 rings (SSSR count). The summed E-state index contributed by atoms with van der Waals surface area (Å²) >= 11 is 3.29. The summed E-state index contributed by atoms with van der Waals surface area (Å²) in [5, 5.41) is 2.70. The van der Waals surface area contributed by atoms with Crippen LogP contribution in [0.1, 0.15) is 33.6 Å². The molecule has 1 aromatic carbocycles. The number of rotatable bonds is 7. The Balaban J connectivity index is 1.86. The first-order chi connectivity index (χ1) is 10.5. The lowest BCUT2D eigenvalue weighted by Crippen LogP contribution is -2.32. The first-order valence-corrected chi connectivity index (χ1v) is 7.75. The van der Waals surface area contributed by atoms with Crippen LogP contribution in [-0.4, -0.2) is 49.4 Å². The third kappa shape index (κ3) is 3.72. The van der Waals surface area contributed by atoms with E-state index in [2.05, 4.69) is 21.2 Å². The predicted octanol–water partition coefficient (Wildman–Crippen LogP) is 1.59. The van der Waals surface area contributed by atoms with Gasteiger partial charge in [0.25, 0.3) is 11.8 Å². The first-order valence-electron chi connectivity index (χ1n) is 6.96. The highest BCUT2D eigenvalue weighted by molar-refractivity contribution is 9.10. The lowest BCUT2D eigenvalue weighted by molar-refractivity contribution is -0.121. The molecule has 6 nitrogen and oxygen atoms in total. The number of nitrogens with one attached hydrogen (secondary N) is 1. The molecule has 0 aromatic heterocycles. The quantitative estimate of drug-likeness (QED) is 0.585. The third-order valence-corrected chi connectivity index (χ3v) is 3.84. The van der Waals surface area contributed by atoms with Gasteiger partial charge in [-0.3, -0.25) is 19.3 Å². The molecule has 0 aliphatic carbocycles. The van der Waals surface area contributed by atoms with Crippen molar-refractivity contribution >= 4 is 33.7 Å². The van der Waals surface area contributed by atoms with Crippen LogP contribution in [0.3, 0.4) is 0 Å². The molecule has 1 N–H and O–H groups in total. The maximum Gasteiger partial charge on any atom is 0.261 e. The smallest absolute Gasteiger partial charge is 0.261 e. The van der Waals surface area contributed by atoms with E-state index in [0.717, 1.165) is 4.47 Å². The number of hydrogen-bond donors (Lipinski definition) is 1. The van der Waals surface area contributed by atoms with Crippen molar-refractivity contribution in [2.45, 2.75) is 12.8 Å². The molecule has 0 fully saturated rings. The van der Waals surface area contributed by atoms with E-state index < -0.39 is 0 Å². The molecule has 0 saturated carbocycles. The molecule has 7 heteroatoms. The van der Waals surface area contributed by atoms with Gasteiger partial charge in [-0.2, -0.15) is 0 Å². The largest absolute Gasteiger partial charge is 0.383 e. The molecule has 0 radical (unpaired) electrons. The van der Waals surface area contributed by atoms with Gasteiger partial charge < -0.3 is 10.1 Å². The fourth-order valence-corrected chi connectivity index (χ4v) is 2.61. The van der Waals surface area contributed by atoms with Gasteiger partial charge in [0.05, 0.1) is 17.7 Å². The highest BCUT2D eigenvalue weighted by Crippen LogP contribution is 2.26. The van der Waals surface area contributed by atoms with Crippen LogP contribution >= 0.6 is 15.9 Å². The van der Waals surface area contributed by atoms with E-state index in [9.17, 15) is 14.4 Å². The Labute approximate surface area is 136 Å². The van der Waals surface area contributed by atoms with E-state index in [4.69, 9.17) is 4.74 Å². The molecule has 1 aliphatic rings. The first kappa shape index (κ1) is 16.6. The van der Waals surface area contributed by atoms with E-state index in [1.165, 1.54) is 4.90 Å². The fraction of sp³-hybridized carbons (Fsp3) is 0.400. The van der Waals surface area contributed by atoms with Gasteiger partial charge in [-0.1, -0.05) is 15.9 Å². The molecule has 0 bridgehead atoms. The molecule has 0 atom stereocenters. The van der Waals surface area contributed by atoms with E-state index in [0.29, 0.717) is 30.7 Å². The normalized spacial score (nSPS) is 13.5. The van der Waals surface area contributed by atoms with Gasteiger partial charge in [0.15, 0.2) is 0 Å². The third-order valence-electron chi connectivity index (χ3n) is 3.35. The van der Waals surface area contributed by atoms with Crippen molar-refractivity contribution in [1.82, 2.24) is 10.2 Å². The van der Waals surface area contributed by atoms with Crippen molar-refractivity contribution in [3.05, 3.63) is 33.8 Å². The number of carbonyl (C=O) groups excluding carboxylic acids is 3. The number of hydrogen-bond acceptors (Lipinski definition) is 4. The molecule has 0 unspecified atom stereocenters. The van der Waals surface area contributed by atoms with Crippen LogP contribution in [0.5, 0.6) is 0 Å². The lowest BCUT2D eigenvalue weighted by Gasteiger charge is -2.13. The van der Waals surface area contributed by atoms with Crippen LogP contribution in [0.25, 0.3) is 0 Å². The van der Waals surface area contributed by atoms with Crippen molar-refractivity contribution in [2.75, 3.05) is 26.8 Å². The van der Waals surface area contributed by atoms with Crippen LogP contribution in [0.15, 0.2) is 22.7 Å². The van der Waals surface area contributed by atoms with Gasteiger partial charge in [0, 0.05) is 31.1 Å². The summed E-state index contributed by atoms with van der Waals surface area (Å²) in [5.41, 5.74) is 0.821. The molecular weight excluding hydrogens is 352 g/mol. The Hall–Kier alpha value is -1.73. The summed E-state index contributed by atoms with van der Waals surface area (Å²) < 4.78 is 5.59. The van der Waals surface area contributed by atoms with E-state index in [-0.39, 0.29) is 30.7 Å². The number of amides is 3. The second-order valence-electron chi connectivity index (χ2n) is 4.90. The zero-order chi connectivity index (χ0) is 16.1. The number of carbonyl (C=O) groups is 3. The van der Waals surface area contributed by atoms with Gasteiger partial charge in [-0.05, 0) is 24.6 Å². The minimum atomic E-state index is -0.305. The van der Waals surface area contributed by atoms with Crippen LogP contribution in [0.2, 0.25) is 0 Å². The minimum Gasteiger partial charge on any atom is -0.383 e. The number of benzene rings is 1. The van der Waals surface area contributed by atoms with Gasteiger partial charge in [0.1, 0.15) is 0 Å². The Bertz CT molecular complexity index is 603. The average molecular weight is 369 g/mol. The molecule has 22 heavy (non-hydrogen) atoms. The van der Waals surface area contributed by atoms with Crippen molar-refractivity contribution in [2.24, 2.45) is 0 Å². The van der Waals surface area contributed by atoms with Crippen LogP contribution < -0.4 is 5.32 Å². The topological polar surface area (TPSA) is 75.7 Å². The van der Waals surface area contributed by atoms with E-state index >= 15 is 0 Å². The van der Waals surface area contributed by atoms with E-state index in [1.807, 2.05) is 0 Å². The van der Waals surface area contributed by atoms with Gasteiger partial charge in [0.2, 0.25) is 5.91 Å². The highest BCUT2D eigenvalue weighted by atomic mass is 79.9. The molecule has 0 saturated heterocycles. The molecule has 1 aliphatic heterocycles. The number of ether oxygens (including phenoxy) is 1. The van der Waals surface area contributed by atoms with Crippen molar-refractivity contribution in [3.8, 4) is 0 Å². The number of imide groups is 1. The Morgan fingerprint density at radius 3 is 2.73 bits per heavy atom. The maximum atomic E-state index is 12.2. The number of halogens is 1. The summed E-state index contributed by atoms with van der Waals surface area (Å²) in [7, 11) is 1.56. The zero-order valence-corrected chi connectivity index (χ0v) is 13.8. The summed E-state index contributed by atoms with van der Waals surface area (Å²) in [4.78, 5) is 37.1. The lowest BCUT2D eigenvalue weighted by atomic mass is 10.1. The Morgan fingerprint density at radius 2 is 2.00 bits per heavy atom. The van der Waals surface area contributed by atoms with Crippen LogP contribution in [-0.2, 0) is 9.53 Å². The molecular formula is C15H17BrN2O4. The van der Waals surface area contributed by atoms with Crippen LogP contribution in [0, 0.1) is 0 Å². The molecule has 1 heterocycles. The van der Waals surface area contributed by atoms with Gasteiger partial charge >= 0.3 is 0 Å². The number of nitrogens with zero attached hydrogens (tertiary/aromatic N) is 1. The monoisotopic (exact) mass is 368 g/mol. The van der Waals surface area contributed by atoms with E-state index in [1.54, 1.807) is 25.3 Å². The SMILES string of the molecule is COCCNC(=O)CCCN1C(=O)c2ccc(Br)cc2C1=O. The molecule has 3 amide bonds. The van der Waals surface area contributed by atoms with Gasteiger partial charge in [-0.25, -0.2) is 0 Å². The zero-order valence-electron chi connectivity index (χ0n) is 12.2. The second-order valence-corrected chi connectivity index (χ2v) is 5.81. The number of methoxy groups -OCH3 is 1. The number of fused-ring (bicyclic) bond motifs is 1. The predicted molar refractivity (Wildman–Crippen MR) is 83.6 cm³/mol. The fourth-order valence-electron chi connectivity index (χ4n) is 2.24. The standard InChI is InChI=1S/C15H17BrN2O4/c1-22-8-6-17-13(19)3-2-7-18-14(20)11-5-4-10(16)9-12(11)15(18)21/h4-5,9H,2-3,6-8H2,1H3,(H,17,19). The summed E-state index contributed by atoms with van der Waals surface area (Å²) in [6, 6.07) is 5.01. The Kier molecular flexibility index (Phi) is 5.68. The summed E-state index contributed by atoms with van der Waals surface area (Å²) in [6.45, 7) is 1.15. The van der Waals surface area contributed by atoms with Crippen LogP contribution in [0.4, 0.5) is 0 Å². The van der Waals surface area contributed by atoms with Gasteiger partial charge in [-0.15, -0.1) is 0 Å². The minimum absolute atomic E-state index is 0.114. The maximum absolute atomic E-state index is 12.2. The van der Waals surface area contributed by atoms with Crippen molar-refractivity contribution < 1.29 is 19.1 Å². The molecule has 0 spiro atoms. The highest BCUT2D eigenvalue weighted by Gasteiger charge is 2.35.